The van der Waals surface area contributed by atoms with E-state index in [-0.39, 0.29) is 5.97 Å². The standard InChI is InChI=1S/C19H23NO2S/c1-22-19(21)16-10-8-15(9-11-16)14-20-12-4-2-3-6-17(20)18-7-5-13-23-18/h5,7-11,13,17H,2-4,6,12,14H2,1H3/t17-/m0/s1. The maximum atomic E-state index is 11.5. The molecular formula is C19H23NO2S. The quantitative estimate of drug-likeness (QED) is 0.765. The van der Waals surface area contributed by atoms with Gasteiger partial charge in [-0.3, -0.25) is 4.90 Å². The van der Waals surface area contributed by atoms with Gasteiger partial charge in [0.15, 0.2) is 0 Å². The first-order valence-electron chi connectivity index (χ1n) is 8.22. The van der Waals surface area contributed by atoms with E-state index in [1.54, 1.807) is 0 Å². The second-order valence-electron chi connectivity index (χ2n) is 6.04. The average molecular weight is 329 g/mol. The minimum Gasteiger partial charge on any atom is -0.465 e. The van der Waals surface area contributed by atoms with Gasteiger partial charge in [0, 0.05) is 17.5 Å². The Bertz CT molecular complexity index is 621. The molecule has 0 bridgehead atoms. The number of benzene rings is 1. The van der Waals surface area contributed by atoms with Crippen molar-refractivity contribution in [1.29, 1.82) is 0 Å². The summed E-state index contributed by atoms with van der Waals surface area (Å²) in [6.45, 7) is 2.07. The number of nitrogens with zero attached hydrogens (tertiary/aromatic N) is 1. The Balaban J connectivity index is 1.74. The average Bonchev–Trinajstić information content (AvgIpc) is 3.02. The van der Waals surface area contributed by atoms with Crippen LogP contribution in [0.5, 0.6) is 0 Å². The van der Waals surface area contributed by atoms with Gasteiger partial charge in [-0.05, 0) is 48.5 Å². The van der Waals surface area contributed by atoms with Crippen LogP contribution in [0, 0.1) is 0 Å². The van der Waals surface area contributed by atoms with Gasteiger partial charge in [0.2, 0.25) is 0 Å². The van der Waals surface area contributed by atoms with Gasteiger partial charge in [-0.15, -0.1) is 11.3 Å². The zero-order chi connectivity index (χ0) is 16.1. The van der Waals surface area contributed by atoms with Crippen molar-refractivity contribution >= 4 is 17.3 Å². The van der Waals surface area contributed by atoms with E-state index in [1.807, 2.05) is 35.6 Å². The first kappa shape index (κ1) is 16.2. The Morgan fingerprint density at radius 2 is 2.04 bits per heavy atom. The number of rotatable bonds is 4. The third kappa shape index (κ3) is 4.01. The minimum absolute atomic E-state index is 0.275. The van der Waals surface area contributed by atoms with Crippen molar-refractivity contribution in [3.05, 3.63) is 57.8 Å². The molecule has 1 saturated heterocycles. The molecule has 122 valence electrons. The molecule has 3 nitrogen and oxygen atoms in total. The van der Waals surface area contributed by atoms with Crippen molar-refractivity contribution in [2.75, 3.05) is 13.7 Å². The largest absolute Gasteiger partial charge is 0.465 e. The fourth-order valence-electron chi connectivity index (χ4n) is 3.26. The van der Waals surface area contributed by atoms with Crippen LogP contribution in [0.15, 0.2) is 41.8 Å². The van der Waals surface area contributed by atoms with Crippen LogP contribution in [0.1, 0.15) is 52.5 Å². The molecule has 1 fully saturated rings. The van der Waals surface area contributed by atoms with Crippen LogP contribution in [0.3, 0.4) is 0 Å². The summed E-state index contributed by atoms with van der Waals surface area (Å²) in [4.78, 5) is 15.6. The van der Waals surface area contributed by atoms with Gasteiger partial charge >= 0.3 is 5.97 Å². The van der Waals surface area contributed by atoms with Crippen LogP contribution in [0.25, 0.3) is 0 Å². The third-order valence-electron chi connectivity index (χ3n) is 4.50. The smallest absolute Gasteiger partial charge is 0.337 e. The number of carbonyl (C=O) groups is 1. The molecule has 1 aliphatic heterocycles. The van der Waals surface area contributed by atoms with E-state index in [4.69, 9.17) is 4.74 Å². The van der Waals surface area contributed by atoms with Crippen LogP contribution in [-0.2, 0) is 11.3 Å². The maximum Gasteiger partial charge on any atom is 0.337 e. The summed E-state index contributed by atoms with van der Waals surface area (Å²) in [5, 5.41) is 2.17. The molecule has 0 spiro atoms. The lowest BCUT2D eigenvalue weighted by Crippen LogP contribution is -2.27. The highest BCUT2D eigenvalue weighted by Crippen LogP contribution is 2.33. The zero-order valence-electron chi connectivity index (χ0n) is 13.5. The number of methoxy groups -OCH3 is 1. The van der Waals surface area contributed by atoms with Crippen LogP contribution in [-0.4, -0.2) is 24.5 Å². The van der Waals surface area contributed by atoms with Crippen molar-refractivity contribution in [3.63, 3.8) is 0 Å². The normalized spacial score (nSPS) is 19.3. The predicted octanol–water partition coefficient (Wildman–Crippen LogP) is 4.65. The van der Waals surface area contributed by atoms with Gasteiger partial charge in [0.1, 0.15) is 0 Å². The zero-order valence-corrected chi connectivity index (χ0v) is 14.3. The number of thiophene rings is 1. The molecule has 0 aliphatic carbocycles. The molecule has 2 aromatic rings. The second-order valence-corrected chi connectivity index (χ2v) is 7.02. The van der Waals surface area contributed by atoms with E-state index < -0.39 is 0 Å². The molecule has 1 aromatic carbocycles. The topological polar surface area (TPSA) is 29.5 Å². The number of hydrogen-bond acceptors (Lipinski definition) is 4. The van der Waals surface area contributed by atoms with Crippen LogP contribution in [0.4, 0.5) is 0 Å². The van der Waals surface area contributed by atoms with E-state index in [2.05, 4.69) is 22.4 Å². The molecule has 0 unspecified atom stereocenters. The lowest BCUT2D eigenvalue weighted by molar-refractivity contribution is 0.0600. The summed E-state index contributed by atoms with van der Waals surface area (Å²) >= 11 is 1.86. The van der Waals surface area contributed by atoms with Gasteiger partial charge in [-0.25, -0.2) is 4.79 Å². The van der Waals surface area contributed by atoms with Gasteiger partial charge in [0.25, 0.3) is 0 Å². The second kappa shape index (κ2) is 7.75. The van der Waals surface area contributed by atoms with Crippen LogP contribution < -0.4 is 0 Å². The van der Waals surface area contributed by atoms with Gasteiger partial charge in [-0.2, -0.15) is 0 Å². The lowest BCUT2D eigenvalue weighted by Gasteiger charge is -2.29. The summed E-state index contributed by atoms with van der Waals surface area (Å²) in [6.07, 6.45) is 5.13. The number of ether oxygens (including phenoxy) is 1. The number of esters is 1. The highest BCUT2D eigenvalue weighted by atomic mass is 32.1. The molecule has 1 aliphatic rings. The summed E-state index contributed by atoms with van der Waals surface area (Å²) < 4.78 is 4.76. The SMILES string of the molecule is COC(=O)c1ccc(CN2CCCCC[C@H]2c2cccs2)cc1. The highest BCUT2D eigenvalue weighted by Gasteiger charge is 2.23. The van der Waals surface area contributed by atoms with E-state index in [1.165, 1.54) is 43.2 Å². The molecular weight excluding hydrogens is 306 g/mol. The van der Waals surface area contributed by atoms with E-state index in [9.17, 15) is 4.79 Å². The molecule has 0 saturated carbocycles. The van der Waals surface area contributed by atoms with Crippen molar-refractivity contribution < 1.29 is 9.53 Å². The Labute approximate surface area is 141 Å². The van der Waals surface area contributed by atoms with E-state index >= 15 is 0 Å². The van der Waals surface area contributed by atoms with Gasteiger partial charge < -0.3 is 4.74 Å². The fourth-order valence-corrected chi connectivity index (χ4v) is 4.15. The lowest BCUT2D eigenvalue weighted by atomic mass is 10.1. The summed E-state index contributed by atoms with van der Waals surface area (Å²) in [7, 11) is 1.42. The van der Waals surface area contributed by atoms with Crippen LogP contribution >= 0.6 is 11.3 Å². The predicted molar refractivity (Wildman–Crippen MR) is 93.7 cm³/mol. The van der Waals surface area contributed by atoms with Gasteiger partial charge in [0.05, 0.1) is 12.7 Å². The number of likely N-dealkylation sites (tertiary alicyclic amines) is 1. The van der Waals surface area contributed by atoms with Crippen molar-refractivity contribution in [1.82, 2.24) is 4.90 Å². The monoisotopic (exact) mass is 329 g/mol. The first-order valence-corrected chi connectivity index (χ1v) is 9.10. The number of carbonyl (C=O) groups excluding carboxylic acids is 1. The Kier molecular flexibility index (Phi) is 5.47. The fraction of sp³-hybridized carbons (Fsp3) is 0.421. The van der Waals surface area contributed by atoms with E-state index in [0.29, 0.717) is 11.6 Å². The Morgan fingerprint density at radius 3 is 2.74 bits per heavy atom. The molecule has 3 rings (SSSR count). The molecule has 1 atom stereocenters. The highest BCUT2D eigenvalue weighted by molar-refractivity contribution is 7.10. The molecule has 4 heteroatoms. The molecule has 0 radical (unpaired) electrons. The van der Waals surface area contributed by atoms with E-state index in [0.717, 1.165) is 13.1 Å². The molecule has 2 heterocycles. The Morgan fingerprint density at radius 1 is 1.22 bits per heavy atom. The summed E-state index contributed by atoms with van der Waals surface area (Å²) in [5.41, 5.74) is 1.86. The minimum atomic E-state index is -0.275. The maximum absolute atomic E-state index is 11.5. The molecule has 0 N–H and O–H groups in total. The summed E-state index contributed by atoms with van der Waals surface area (Å²) in [5.74, 6) is -0.275. The number of hydrogen-bond donors (Lipinski definition) is 0. The molecule has 0 amide bonds. The van der Waals surface area contributed by atoms with Crippen molar-refractivity contribution in [2.24, 2.45) is 0 Å². The third-order valence-corrected chi connectivity index (χ3v) is 5.47. The molecule has 23 heavy (non-hydrogen) atoms. The molecule has 1 aromatic heterocycles. The van der Waals surface area contributed by atoms with Crippen molar-refractivity contribution in [3.8, 4) is 0 Å². The van der Waals surface area contributed by atoms with Crippen LogP contribution in [0.2, 0.25) is 0 Å². The summed E-state index contributed by atoms with van der Waals surface area (Å²) in [6, 6.07) is 12.7. The Hall–Kier alpha value is -1.65. The van der Waals surface area contributed by atoms with Gasteiger partial charge in [-0.1, -0.05) is 31.0 Å². The van der Waals surface area contributed by atoms with Crippen molar-refractivity contribution in [2.45, 2.75) is 38.3 Å². The first-order chi connectivity index (χ1) is 11.3.